The number of nitrogens with zero attached hydrogens (tertiary/aromatic N) is 4. The zero-order chi connectivity index (χ0) is 35.4. The van der Waals surface area contributed by atoms with Gasteiger partial charge in [0.05, 0.1) is 46.5 Å². The van der Waals surface area contributed by atoms with Crippen molar-refractivity contribution in [2.45, 2.75) is 38.1 Å². The molecule has 2 aromatic heterocycles. The van der Waals surface area contributed by atoms with Crippen LogP contribution in [0.15, 0.2) is 60.7 Å². The van der Waals surface area contributed by atoms with Gasteiger partial charge in [0.15, 0.2) is 0 Å². The number of aliphatic hydroxyl groups is 2. The SMILES string of the molecule is O=C(O)C[C@H](O)CN1CCOc2nc(-c3cccc(-c4cccc(-c5ccc6c(n5)OCCN(C[C@@H](O)CC(=O)O)C6)c4Cl)c3Cl)ccc2C1. The van der Waals surface area contributed by atoms with Gasteiger partial charge in [-0.05, 0) is 12.1 Å². The highest BCUT2D eigenvalue weighted by atomic mass is 35.5. The molecule has 0 aliphatic carbocycles. The number of carboxylic acid groups (broad SMARTS) is 2. The van der Waals surface area contributed by atoms with Crippen LogP contribution in [0.1, 0.15) is 24.0 Å². The average molecular weight is 724 g/mol. The topological polar surface area (TPSA) is 166 Å². The van der Waals surface area contributed by atoms with Crippen molar-refractivity contribution in [3.8, 4) is 45.4 Å². The minimum absolute atomic E-state index is 0.207. The van der Waals surface area contributed by atoms with Crippen molar-refractivity contribution in [2.75, 3.05) is 39.4 Å². The molecule has 0 radical (unpaired) electrons. The molecular formula is C36H36Cl2N4O8. The average Bonchev–Trinajstić information content (AvgIpc) is 3.38. The van der Waals surface area contributed by atoms with Crippen LogP contribution in [0.3, 0.4) is 0 Å². The third-order valence-electron chi connectivity index (χ3n) is 8.56. The number of aliphatic hydroxyl groups excluding tert-OH is 2. The Morgan fingerprint density at radius 1 is 0.660 bits per heavy atom. The number of hydrogen-bond donors (Lipinski definition) is 4. The van der Waals surface area contributed by atoms with E-state index in [2.05, 4.69) is 0 Å². The zero-order valence-electron chi connectivity index (χ0n) is 27.0. The summed E-state index contributed by atoms with van der Waals surface area (Å²) < 4.78 is 11.9. The van der Waals surface area contributed by atoms with Crippen molar-refractivity contribution in [2.24, 2.45) is 0 Å². The van der Waals surface area contributed by atoms with Crippen LogP contribution in [0.25, 0.3) is 33.6 Å². The first-order valence-corrected chi connectivity index (χ1v) is 16.9. The van der Waals surface area contributed by atoms with Crippen LogP contribution < -0.4 is 9.47 Å². The lowest BCUT2D eigenvalue weighted by molar-refractivity contribution is -0.140. The Labute approximate surface area is 298 Å². The van der Waals surface area contributed by atoms with Gasteiger partial charge < -0.3 is 29.9 Å². The molecule has 2 aromatic carbocycles. The summed E-state index contributed by atoms with van der Waals surface area (Å²) in [7, 11) is 0. The Bertz CT molecular complexity index is 1760. The second-order valence-corrected chi connectivity index (χ2v) is 13.1. The van der Waals surface area contributed by atoms with E-state index in [-0.39, 0.29) is 25.9 Å². The summed E-state index contributed by atoms with van der Waals surface area (Å²) in [5.74, 6) is -1.19. The van der Waals surface area contributed by atoms with E-state index >= 15 is 0 Å². The van der Waals surface area contributed by atoms with Crippen LogP contribution in [0.5, 0.6) is 11.8 Å². The third-order valence-corrected chi connectivity index (χ3v) is 9.37. The number of benzene rings is 2. The van der Waals surface area contributed by atoms with Gasteiger partial charge in [-0.25, -0.2) is 9.97 Å². The summed E-state index contributed by atoms with van der Waals surface area (Å²) in [5, 5.41) is 39.2. The van der Waals surface area contributed by atoms with E-state index in [9.17, 15) is 19.8 Å². The number of carbonyl (C=O) groups is 2. The molecule has 6 rings (SSSR count). The molecule has 0 amide bonds. The number of aromatic nitrogens is 2. The first-order chi connectivity index (χ1) is 24.0. The van der Waals surface area contributed by atoms with Crippen molar-refractivity contribution < 1.29 is 39.5 Å². The molecule has 4 N–H and O–H groups in total. The van der Waals surface area contributed by atoms with Gasteiger partial charge in [0.25, 0.3) is 0 Å². The van der Waals surface area contributed by atoms with Crippen LogP contribution in [-0.4, -0.2) is 104 Å². The maximum absolute atomic E-state index is 11.0. The number of fused-ring (bicyclic) bond motifs is 2. The van der Waals surface area contributed by atoms with Gasteiger partial charge in [-0.3, -0.25) is 19.4 Å². The summed E-state index contributed by atoms with van der Waals surface area (Å²) in [4.78, 5) is 35.4. The van der Waals surface area contributed by atoms with Gasteiger partial charge in [-0.15, -0.1) is 0 Å². The Morgan fingerprint density at radius 3 is 1.46 bits per heavy atom. The fourth-order valence-corrected chi connectivity index (χ4v) is 6.88. The molecule has 262 valence electrons. The molecule has 0 bridgehead atoms. The molecule has 0 unspecified atom stereocenters. The van der Waals surface area contributed by atoms with Gasteiger partial charge in [0.2, 0.25) is 11.8 Å². The standard InChI is InChI=1S/C36H36Cl2N4O8/c37-33-25(3-1-5-27(33)29-9-7-21-17-41(11-13-49-35(21)39-29)19-23(43)15-31(45)46)26-4-2-6-28(34(26)38)30-10-8-22-18-42(12-14-50-36(22)40-30)20-24(44)16-32(47)48/h1-10,23-24,43-44H,11-20H2,(H,45,46)(H,47,48)/t23-,24-/m0/s1. The molecule has 4 heterocycles. The van der Waals surface area contributed by atoms with E-state index in [1.165, 1.54) is 0 Å². The number of β-amino-alcohol motifs (C(OH)–C–C–N with tert-alkyl or cyclic N) is 2. The van der Waals surface area contributed by atoms with Crippen molar-refractivity contribution >= 4 is 35.1 Å². The fourth-order valence-electron chi connectivity index (χ4n) is 6.23. The lowest BCUT2D eigenvalue weighted by atomic mass is 9.98. The molecule has 2 aliphatic rings. The van der Waals surface area contributed by atoms with Crippen LogP contribution in [-0.2, 0) is 22.7 Å². The maximum atomic E-state index is 11.0. The largest absolute Gasteiger partial charge is 0.481 e. The van der Waals surface area contributed by atoms with Gasteiger partial charge in [0, 0.05) is 72.6 Å². The van der Waals surface area contributed by atoms with Crippen molar-refractivity contribution in [3.63, 3.8) is 0 Å². The number of ether oxygens (including phenoxy) is 2. The third kappa shape index (κ3) is 8.35. The monoisotopic (exact) mass is 722 g/mol. The summed E-state index contributed by atoms with van der Waals surface area (Å²) >= 11 is 14.1. The van der Waals surface area contributed by atoms with E-state index in [0.717, 1.165) is 11.1 Å². The predicted octanol–water partition coefficient (Wildman–Crippen LogP) is 4.84. The number of carboxylic acids is 2. The molecule has 0 saturated heterocycles. The second-order valence-electron chi connectivity index (χ2n) is 12.3. The molecule has 0 fully saturated rings. The second kappa shape index (κ2) is 15.7. The predicted molar refractivity (Wildman–Crippen MR) is 186 cm³/mol. The van der Waals surface area contributed by atoms with Crippen LogP contribution in [0.4, 0.5) is 0 Å². The lowest BCUT2D eigenvalue weighted by Crippen LogP contribution is -2.34. The first-order valence-electron chi connectivity index (χ1n) is 16.1. The van der Waals surface area contributed by atoms with Crippen LogP contribution in [0.2, 0.25) is 10.0 Å². The number of rotatable bonds is 11. The summed E-state index contributed by atoms with van der Waals surface area (Å²) in [6, 6.07) is 18.8. The fraction of sp³-hybridized carbons (Fsp3) is 0.333. The molecular weight excluding hydrogens is 687 g/mol. The van der Waals surface area contributed by atoms with Crippen molar-refractivity contribution in [1.82, 2.24) is 19.8 Å². The van der Waals surface area contributed by atoms with E-state index in [1.54, 1.807) is 0 Å². The summed E-state index contributed by atoms with van der Waals surface area (Å²) in [5.41, 5.74) is 5.62. The molecule has 12 nitrogen and oxygen atoms in total. The van der Waals surface area contributed by atoms with E-state index in [4.69, 9.17) is 52.9 Å². The zero-order valence-corrected chi connectivity index (χ0v) is 28.5. The quantitative estimate of drug-likeness (QED) is 0.167. The smallest absolute Gasteiger partial charge is 0.306 e. The van der Waals surface area contributed by atoms with Crippen molar-refractivity contribution in [1.29, 1.82) is 0 Å². The van der Waals surface area contributed by atoms with E-state index < -0.39 is 24.1 Å². The minimum atomic E-state index is -1.05. The Kier molecular flexibility index (Phi) is 11.2. The summed E-state index contributed by atoms with van der Waals surface area (Å²) in [6.07, 6.45) is -2.63. The number of hydrogen-bond acceptors (Lipinski definition) is 10. The van der Waals surface area contributed by atoms with Gasteiger partial charge in [-0.2, -0.15) is 0 Å². The molecule has 0 spiro atoms. The van der Waals surface area contributed by atoms with Crippen LogP contribution in [0, 0.1) is 0 Å². The van der Waals surface area contributed by atoms with E-state index in [0.29, 0.717) is 94.8 Å². The Hall–Kier alpha value is -4.30. The maximum Gasteiger partial charge on any atom is 0.306 e. The molecule has 2 atom stereocenters. The first kappa shape index (κ1) is 35.5. The molecule has 50 heavy (non-hydrogen) atoms. The van der Waals surface area contributed by atoms with Gasteiger partial charge in [0.1, 0.15) is 13.2 Å². The molecule has 0 saturated carbocycles. The highest BCUT2D eigenvalue weighted by molar-refractivity contribution is 6.39. The summed E-state index contributed by atoms with van der Waals surface area (Å²) in [6.45, 7) is 2.99. The van der Waals surface area contributed by atoms with Crippen molar-refractivity contribution in [3.05, 3.63) is 81.8 Å². The molecule has 2 aliphatic heterocycles. The number of aliphatic carboxylic acids is 2. The Morgan fingerprint density at radius 2 is 1.06 bits per heavy atom. The van der Waals surface area contributed by atoms with E-state index in [1.807, 2.05) is 70.5 Å². The number of halogens is 2. The lowest BCUT2D eigenvalue weighted by Gasteiger charge is -2.21. The van der Waals surface area contributed by atoms with Gasteiger partial charge in [-0.1, -0.05) is 71.7 Å². The minimum Gasteiger partial charge on any atom is -0.481 e. The highest BCUT2D eigenvalue weighted by Crippen LogP contribution is 2.42. The molecule has 14 heteroatoms. The normalized spacial score (nSPS) is 16.2. The highest BCUT2D eigenvalue weighted by Gasteiger charge is 2.24. The molecule has 4 aromatic rings. The van der Waals surface area contributed by atoms with Crippen LogP contribution >= 0.6 is 23.2 Å². The van der Waals surface area contributed by atoms with Gasteiger partial charge >= 0.3 is 11.9 Å². The number of pyridine rings is 2. The Balaban J connectivity index is 1.23.